The van der Waals surface area contributed by atoms with Crippen LogP contribution in [-0.4, -0.2) is 22.3 Å². The molecule has 0 saturated carbocycles. The number of amides is 1. The summed E-state index contributed by atoms with van der Waals surface area (Å²) in [6.07, 6.45) is 1.31. The van der Waals surface area contributed by atoms with Gasteiger partial charge in [0.15, 0.2) is 0 Å². The molecule has 3 nitrogen and oxygen atoms in total. The van der Waals surface area contributed by atoms with E-state index in [2.05, 4.69) is 4.98 Å². The van der Waals surface area contributed by atoms with E-state index in [1.165, 1.54) is 18.3 Å². The van der Waals surface area contributed by atoms with Crippen LogP contribution in [0, 0.1) is 5.95 Å². The lowest BCUT2D eigenvalue weighted by atomic mass is 10.2. The van der Waals surface area contributed by atoms with Crippen LogP contribution in [0.4, 0.5) is 4.39 Å². The lowest BCUT2D eigenvalue weighted by molar-refractivity contribution is 0.0753. The molecule has 2 aromatic rings. The number of nitrogens with zero attached hydrogens (tertiary/aromatic N) is 2. The van der Waals surface area contributed by atoms with Crippen LogP contribution in [0.3, 0.4) is 0 Å². The number of rotatable bonds is 4. The highest BCUT2D eigenvalue weighted by molar-refractivity contribution is 7.09. The second-order valence-electron chi connectivity index (χ2n) is 3.77. The molecule has 0 aliphatic heterocycles. The SMILES string of the molecule is CCN(Cc1cccs1)C(=O)c1ccnc(F)c1. The van der Waals surface area contributed by atoms with Crippen molar-refractivity contribution in [1.82, 2.24) is 9.88 Å². The number of aromatic nitrogens is 1. The Morgan fingerprint density at radius 3 is 2.94 bits per heavy atom. The number of hydrogen-bond acceptors (Lipinski definition) is 3. The molecule has 94 valence electrons. The van der Waals surface area contributed by atoms with Gasteiger partial charge in [-0.2, -0.15) is 4.39 Å². The number of pyridine rings is 1. The molecule has 2 rings (SSSR count). The van der Waals surface area contributed by atoms with E-state index >= 15 is 0 Å². The zero-order valence-electron chi connectivity index (χ0n) is 9.97. The van der Waals surface area contributed by atoms with E-state index in [1.807, 2.05) is 24.4 Å². The summed E-state index contributed by atoms with van der Waals surface area (Å²) >= 11 is 1.60. The van der Waals surface area contributed by atoms with E-state index in [9.17, 15) is 9.18 Å². The largest absolute Gasteiger partial charge is 0.334 e. The quantitative estimate of drug-likeness (QED) is 0.795. The van der Waals surface area contributed by atoms with E-state index in [4.69, 9.17) is 0 Å². The van der Waals surface area contributed by atoms with Crippen molar-refractivity contribution >= 4 is 17.2 Å². The van der Waals surface area contributed by atoms with Gasteiger partial charge >= 0.3 is 0 Å². The Morgan fingerprint density at radius 1 is 1.50 bits per heavy atom. The molecule has 0 radical (unpaired) electrons. The molecular weight excluding hydrogens is 251 g/mol. The van der Waals surface area contributed by atoms with E-state index in [1.54, 1.807) is 16.2 Å². The number of carbonyl (C=O) groups is 1. The molecule has 5 heteroatoms. The van der Waals surface area contributed by atoms with E-state index < -0.39 is 5.95 Å². The maximum atomic E-state index is 13.0. The predicted octanol–water partition coefficient (Wildman–Crippen LogP) is 2.94. The van der Waals surface area contributed by atoms with Crippen molar-refractivity contribution in [3.63, 3.8) is 0 Å². The number of carbonyl (C=O) groups excluding carboxylic acids is 1. The Morgan fingerprint density at radius 2 is 2.33 bits per heavy atom. The maximum Gasteiger partial charge on any atom is 0.254 e. The van der Waals surface area contributed by atoms with Crippen LogP contribution in [0.2, 0.25) is 0 Å². The first-order chi connectivity index (χ1) is 8.70. The smallest absolute Gasteiger partial charge is 0.254 e. The van der Waals surface area contributed by atoms with Gasteiger partial charge in [-0.3, -0.25) is 4.79 Å². The molecule has 0 aliphatic rings. The Labute approximate surface area is 109 Å². The molecule has 0 fully saturated rings. The first kappa shape index (κ1) is 12.7. The zero-order valence-corrected chi connectivity index (χ0v) is 10.8. The van der Waals surface area contributed by atoms with E-state index in [0.717, 1.165) is 4.88 Å². The Balaban J connectivity index is 2.15. The van der Waals surface area contributed by atoms with Crippen molar-refractivity contribution < 1.29 is 9.18 Å². The number of halogens is 1. The topological polar surface area (TPSA) is 33.2 Å². The second kappa shape index (κ2) is 5.73. The molecule has 0 aromatic carbocycles. The summed E-state index contributed by atoms with van der Waals surface area (Å²) in [6, 6.07) is 6.63. The first-order valence-corrected chi connectivity index (χ1v) is 6.52. The molecule has 0 saturated heterocycles. The van der Waals surface area contributed by atoms with Gasteiger partial charge in [-0.1, -0.05) is 6.07 Å². The van der Waals surface area contributed by atoms with Crippen LogP contribution in [0.1, 0.15) is 22.2 Å². The van der Waals surface area contributed by atoms with Gasteiger partial charge in [0.05, 0.1) is 6.54 Å². The highest BCUT2D eigenvalue weighted by Crippen LogP contribution is 2.14. The molecule has 0 spiro atoms. The maximum absolute atomic E-state index is 13.0. The fourth-order valence-electron chi connectivity index (χ4n) is 1.64. The van der Waals surface area contributed by atoms with Crippen LogP contribution >= 0.6 is 11.3 Å². The summed E-state index contributed by atoms with van der Waals surface area (Å²) in [6.45, 7) is 3.04. The summed E-state index contributed by atoms with van der Waals surface area (Å²) in [4.78, 5) is 18.4. The van der Waals surface area contributed by atoms with Crippen LogP contribution in [0.5, 0.6) is 0 Å². The van der Waals surface area contributed by atoms with Crippen molar-refractivity contribution in [2.24, 2.45) is 0 Å². The Hall–Kier alpha value is -1.75. The van der Waals surface area contributed by atoms with Gasteiger partial charge in [0.2, 0.25) is 5.95 Å². The molecule has 2 aromatic heterocycles. The Bertz CT molecular complexity index is 528. The molecule has 1 amide bonds. The highest BCUT2D eigenvalue weighted by atomic mass is 32.1. The molecular formula is C13H13FN2OS. The Kier molecular flexibility index (Phi) is 4.04. The van der Waals surface area contributed by atoms with Gasteiger partial charge in [0, 0.05) is 29.2 Å². The number of hydrogen-bond donors (Lipinski definition) is 0. The van der Waals surface area contributed by atoms with Crippen LogP contribution < -0.4 is 0 Å². The standard InChI is InChI=1S/C13H13FN2OS/c1-2-16(9-11-4-3-7-18-11)13(17)10-5-6-15-12(14)8-10/h3-8H,2,9H2,1H3. The van der Waals surface area contributed by atoms with Gasteiger partial charge in [-0.15, -0.1) is 11.3 Å². The zero-order chi connectivity index (χ0) is 13.0. The van der Waals surface area contributed by atoms with Gasteiger partial charge in [0.25, 0.3) is 5.91 Å². The fraction of sp³-hybridized carbons (Fsp3) is 0.231. The lowest BCUT2D eigenvalue weighted by Gasteiger charge is -2.20. The van der Waals surface area contributed by atoms with Gasteiger partial charge in [-0.25, -0.2) is 4.98 Å². The monoisotopic (exact) mass is 264 g/mol. The normalized spacial score (nSPS) is 10.3. The van der Waals surface area contributed by atoms with Crippen molar-refractivity contribution in [1.29, 1.82) is 0 Å². The van der Waals surface area contributed by atoms with Crippen LogP contribution in [0.25, 0.3) is 0 Å². The molecule has 18 heavy (non-hydrogen) atoms. The third kappa shape index (κ3) is 2.92. The third-order valence-corrected chi connectivity index (χ3v) is 3.43. The van der Waals surface area contributed by atoms with Gasteiger partial charge in [-0.05, 0) is 24.4 Å². The minimum absolute atomic E-state index is 0.174. The van der Waals surface area contributed by atoms with Crippen LogP contribution in [-0.2, 0) is 6.54 Å². The minimum atomic E-state index is -0.631. The summed E-state index contributed by atoms with van der Waals surface area (Å²) in [5.74, 6) is -0.805. The third-order valence-electron chi connectivity index (χ3n) is 2.57. The first-order valence-electron chi connectivity index (χ1n) is 5.64. The molecule has 0 N–H and O–H groups in total. The highest BCUT2D eigenvalue weighted by Gasteiger charge is 2.15. The molecule has 2 heterocycles. The van der Waals surface area contributed by atoms with Crippen molar-refractivity contribution in [2.45, 2.75) is 13.5 Å². The molecule has 0 bridgehead atoms. The van der Waals surface area contributed by atoms with Crippen molar-refractivity contribution in [2.75, 3.05) is 6.54 Å². The van der Waals surface area contributed by atoms with E-state index in [-0.39, 0.29) is 5.91 Å². The summed E-state index contributed by atoms with van der Waals surface area (Å²) in [5, 5.41) is 1.97. The van der Waals surface area contributed by atoms with E-state index in [0.29, 0.717) is 18.7 Å². The van der Waals surface area contributed by atoms with Gasteiger partial charge in [0.1, 0.15) is 0 Å². The van der Waals surface area contributed by atoms with Gasteiger partial charge < -0.3 is 4.90 Å². The van der Waals surface area contributed by atoms with Crippen molar-refractivity contribution in [3.05, 3.63) is 52.2 Å². The molecule has 0 atom stereocenters. The average molecular weight is 264 g/mol. The lowest BCUT2D eigenvalue weighted by Crippen LogP contribution is -2.30. The second-order valence-corrected chi connectivity index (χ2v) is 4.80. The predicted molar refractivity (Wildman–Crippen MR) is 68.9 cm³/mol. The van der Waals surface area contributed by atoms with Crippen molar-refractivity contribution in [3.8, 4) is 0 Å². The molecule has 0 aliphatic carbocycles. The molecule has 0 unspecified atom stereocenters. The summed E-state index contributed by atoms with van der Waals surface area (Å²) in [7, 11) is 0. The van der Waals surface area contributed by atoms with Crippen LogP contribution in [0.15, 0.2) is 35.8 Å². The minimum Gasteiger partial charge on any atom is -0.334 e. The summed E-state index contributed by atoms with van der Waals surface area (Å²) < 4.78 is 13.0. The average Bonchev–Trinajstić information content (AvgIpc) is 2.88. The number of thiophene rings is 1. The fourth-order valence-corrected chi connectivity index (χ4v) is 2.36. The summed E-state index contributed by atoms with van der Waals surface area (Å²) in [5.41, 5.74) is 0.334.